The molecule has 0 bridgehead atoms. The quantitative estimate of drug-likeness (QED) is 0.693. The molecule has 0 unspecified atom stereocenters. The van der Waals surface area contributed by atoms with Gasteiger partial charge in [-0.1, -0.05) is 18.2 Å². The Bertz CT molecular complexity index is 1080. The maximum absolute atomic E-state index is 12.6. The Kier molecular flexibility index (Phi) is 5.18. The van der Waals surface area contributed by atoms with Crippen molar-refractivity contribution >= 4 is 15.9 Å². The molecule has 0 saturated heterocycles. The molecule has 0 spiro atoms. The zero-order valence-corrected chi connectivity index (χ0v) is 14.8. The number of rotatable bonds is 5. The number of halogens is 3. The Morgan fingerprint density at radius 1 is 1.11 bits per heavy atom. The first-order valence-electron chi connectivity index (χ1n) is 7.73. The second-order valence-corrected chi connectivity index (χ2v) is 7.35. The number of carbonyl (C=O) groups is 1. The van der Waals surface area contributed by atoms with Gasteiger partial charge in [0.05, 0.1) is 16.9 Å². The summed E-state index contributed by atoms with van der Waals surface area (Å²) in [4.78, 5) is 11.8. The molecular formula is C17H12F3N3O4S. The first kappa shape index (κ1) is 19.5. The Morgan fingerprint density at radius 2 is 1.82 bits per heavy atom. The van der Waals surface area contributed by atoms with Crippen molar-refractivity contribution in [1.29, 1.82) is 0 Å². The number of carbonyl (C=O) groups excluding carboxylic acids is 1. The number of nitrogens with one attached hydrogen (secondary N) is 1. The van der Waals surface area contributed by atoms with Gasteiger partial charge in [0, 0.05) is 5.56 Å². The van der Waals surface area contributed by atoms with E-state index < -0.39 is 34.1 Å². The first-order chi connectivity index (χ1) is 13.1. The third kappa shape index (κ3) is 4.55. The minimum atomic E-state index is -4.49. The average molecular weight is 411 g/mol. The van der Waals surface area contributed by atoms with Crippen LogP contribution in [0.1, 0.15) is 11.1 Å². The predicted molar refractivity (Wildman–Crippen MR) is 90.2 cm³/mol. The summed E-state index contributed by atoms with van der Waals surface area (Å²) >= 11 is 0. The number of benzene rings is 2. The van der Waals surface area contributed by atoms with Crippen molar-refractivity contribution < 1.29 is 30.8 Å². The fraction of sp³-hybridized carbons (Fsp3) is 0.118. The Hall–Kier alpha value is -3.21. The second kappa shape index (κ2) is 7.43. The molecule has 3 rings (SSSR count). The van der Waals surface area contributed by atoms with E-state index in [4.69, 9.17) is 4.42 Å². The van der Waals surface area contributed by atoms with Crippen molar-refractivity contribution in [2.45, 2.75) is 17.5 Å². The van der Waals surface area contributed by atoms with Crippen molar-refractivity contribution in [2.75, 3.05) is 0 Å². The minimum Gasteiger partial charge on any atom is -0.423 e. The minimum absolute atomic E-state index is 0.105. The van der Waals surface area contributed by atoms with E-state index in [9.17, 15) is 26.4 Å². The normalized spacial score (nSPS) is 12.0. The average Bonchev–Trinajstić information content (AvgIpc) is 3.16. The molecule has 1 amide bonds. The summed E-state index contributed by atoms with van der Waals surface area (Å²) in [5.41, 5.74) is -0.280. The van der Waals surface area contributed by atoms with Crippen LogP contribution in [-0.2, 0) is 27.4 Å². The molecule has 1 aromatic heterocycles. The summed E-state index contributed by atoms with van der Waals surface area (Å²) in [7, 11) is -4.19. The van der Waals surface area contributed by atoms with Crippen molar-refractivity contribution in [1.82, 2.24) is 14.9 Å². The maximum Gasteiger partial charge on any atom is 0.416 e. The van der Waals surface area contributed by atoms with Gasteiger partial charge in [-0.05, 0) is 35.9 Å². The smallest absolute Gasteiger partial charge is 0.416 e. The van der Waals surface area contributed by atoms with Gasteiger partial charge in [-0.3, -0.25) is 4.79 Å². The number of amides is 1. The largest absolute Gasteiger partial charge is 0.423 e. The van der Waals surface area contributed by atoms with E-state index in [-0.39, 0.29) is 16.3 Å². The zero-order chi connectivity index (χ0) is 20.4. The van der Waals surface area contributed by atoms with Crippen LogP contribution in [0.5, 0.6) is 0 Å². The van der Waals surface area contributed by atoms with Gasteiger partial charge in [0.2, 0.25) is 18.2 Å². The van der Waals surface area contributed by atoms with Gasteiger partial charge in [0.1, 0.15) is 0 Å². The van der Waals surface area contributed by atoms with Crippen LogP contribution in [0.4, 0.5) is 13.2 Å². The van der Waals surface area contributed by atoms with Crippen LogP contribution in [0.3, 0.4) is 0 Å². The van der Waals surface area contributed by atoms with Crippen LogP contribution in [0.2, 0.25) is 0 Å². The molecule has 0 aliphatic rings. The number of hydrogen-bond donors (Lipinski definition) is 1. The molecule has 0 aliphatic heterocycles. The van der Waals surface area contributed by atoms with Gasteiger partial charge >= 0.3 is 6.18 Å². The van der Waals surface area contributed by atoms with E-state index in [0.717, 1.165) is 30.7 Å². The molecule has 28 heavy (non-hydrogen) atoms. The molecule has 0 fully saturated rings. The molecule has 1 heterocycles. The van der Waals surface area contributed by atoms with Crippen LogP contribution < -0.4 is 4.72 Å². The van der Waals surface area contributed by atoms with Gasteiger partial charge in [-0.25, -0.2) is 13.1 Å². The molecule has 2 aromatic carbocycles. The number of hydrogen-bond acceptors (Lipinski definition) is 6. The fourth-order valence-electron chi connectivity index (χ4n) is 2.34. The lowest BCUT2D eigenvalue weighted by molar-refractivity contribution is -0.137. The molecule has 1 N–H and O–H groups in total. The molecule has 11 heteroatoms. The van der Waals surface area contributed by atoms with Crippen LogP contribution in [0.25, 0.3) is 11.5 Å². The van der Waals surface area contributed by atoms with Crippen LogP contribution in [-0.4, -0.2) is 24.5 Å². The van der Waals surface area contributed by atoms with Crippen LogP contribution >= 0.6 is 0 Å². The lowest BCUT2D eigenvalue weighted by atomic mass is 10.1. The van der Waals surface area contributed by atoms with Crippen molar-refractivity contribution in [2.24, 2.45) is 0 Å². The summed E-state index contributed by atoms with van der Waals surface area (Å²) < 4.78 is 69.3. The summed E-state index contributed by atoms with van der Waals surface area (Å²) in [5, 5.41) is 7.17. The third-order valence-corrected chi connectivity index (χ3v) is 5.02. The van der Waals surface area contributed by atoms with Crippen LogP contribution in [0, 0.1) is 0 Å². The van der Waals surface area contributed by atoms with Gasteiger partial charge in [-0.2, -0.15) is 13.2 Å². The van der Waals surface area contributed by atoms with E-state index in [1.165, 1.54) is 18.2 Å². The Labute approximate surface area is 157 Å². The molecule has 0 radical (unpaired) electrons. The van der Waals surface area contributed by atoms with Gasteiger partial charge in [0.25, 0.3) is 10.0 Å². The summed E-state index contributed by atoms with van der Waals surface area (Å²) in [6.45, 7) is 0. The molecule has 146 valence electrons. The highest BCUT2D eigenvalue weighted by molar-refractivity contribution is 7.90. The molecule has 0 atom stereocenters. The highest BCUT2D eigenvalue weighted by atomic mass is 32.2. The highest BCUT2D eigenvalue weighted by Gasteiger charge is 2.30. The summed E-state index contributed by atoms with van der Waals surface area (Å²) in [5.74, 6) is -0.781. The lowest BCUT2D eigenvalue weighted by Gasteiger charge is -2.09. The van der Waals surface area contributed by atoms with E-state index >= 15 is 0 Å². The highest BCUT2D eigenvalue weighted by Crippen LogP contribution is 2.29. The molecule has 3 aromatic rings. The fourth-order valence-corrected chi connectivity index (χ4v) is 3.37. The van der Waals surface area contributed by atoms with Crippen molar-refractivity contribution in [3.63, 3.8) is 0 Å². The number of aromatic nitrogens is 2. The van der Waals surface area contributed by atoms with Gasteiger partial charge in [0.15, 0.2) is 0 Å². The number of alkyl halides is 3. The molecular weight excluding hydrogens is 399 g/mol. The lowest BCUT2D eigenvalue weighted by Crippen LogP contribution is -2.31. The zero-order valence-electron chi connectivity index (χ0n) is 14.0. The van der Waals surface area contributed by atoms with Gasteiger partial charge in [-0.15, -0.1) is 10.2 Å². The second-order valence-electron chi connectivity index (χ2n) is 5.67. The Balaban J connectivity index is 1.72. The standard InChI is InChI=1S/C17H12F3N3O4S/c18-17(19,20)13-6-4-11(5-7-13)8-15(24)23-28(25,26)14-3-1-2-12(9-14)16-22-21-10-27-16/h1-7,9-10H,8H2,(H,23,24). The van der Waals surface area contributed by atoms with Crippen molar-refractivity contribution in [3.05, 3.63) is 66.1 Å². The maximum atomic E-state index is 12.6. The van der Waals surface area contributed by atoms with E-state index in [2.05, 4.69) is 10.2 Å². The summed E-state index contributed by atoms with van der Waals surface area (Å²) in [6, 6.07) is 9.40. The molecule has 0 aliphatic carbocycles. The monoisotopic (exact) mass is 411 g/mol. The number of nitrogens with zero attached hydrogens (tertiary/aromatic N) is 2. The first-order valence-corrected chi connectivity index (χ1v) is 9.22. The number of sulfonamides is 1. The predicted octanol–water partition coefficient (Wildman–Crippen LogP) is 2.80. The van der Waals surface area contributed by atoms with Crippen LogP contribution in [0.15, 0.2) is 64.2 Å². The Morgan fingerprint density at radius 3 is 2.43 bits per heavy atom. The van der Waals surface area contributed by atoms with E-state index in [1.807, 2.05) is 4.72 Å². The third-order valence-electron chi connectivity index (χ3n) is 3.65. The summed E-state index contributed by atoms with van der Waals surface area (Å²) in [6.07, 6.45) is -3.81. The van der Waals surface area contributed by atoms with E-state index in [0.29, 0.717) is 5.56 Å². The van der Waals surface area contributed by atoms with Gasteiger partial charge < -0.3 is 4.42 Å². The topological polar surface area (TPSA) is 102 Å². The SMILES string of the molecule is O=C(Cc1ccc(C(F)(F)F)cc1)NS(=O)(=O)c1cccc(-c2nnco2)c1. The van der Waals surface area contributed by atoms with Crippen molar-refractivity contribution in [3.8, 4) is 11.5 Å². The molecule has 0 saturated carbocycles. The molecule has 7 nitrogen and oxygen atoms in total. The van der Waals surface area contributed by atoms with E-state index in [1.54, 1.807) is 6.07 Å².